The topological polar surface area (TPSA) is 12.0 Å². The van der Waals surface area contributed by atoms with Crippen LogP contribution in [0.25, 0.3) is 0 Å². The molecule has 1 aliphatic heterocycles. The second-order valence-corrected chi connectivity index (χ2v) is 6.41. The molecule has 3 rings (SSSR count). The van der Waals surface area contributed by atoms with Crippen LogP contribution in [0.1, 0.15) is 38.2 Å². The average Bonchev–Trinajstić information content (AvgIpc) is 2.50. The monoisotopic (exact) mass is 283 g/mol. The molecule has 0 fully saturated rings. The van der Waals surface area contributed by atoms with E-state index in [9.17, 15) is 0 Å². The number of rotatable bonds is 5. The van der Waals surface area contributed by atoms with Crippen LogP contribution in [0, 0.1) is 0 Å². The third kappa shape index (κ3) is 2.85. The fraction of sp³-hybridized carbons (Fsp3) is 0.333. The Balaban J connectivity index is 1.79. The largest absolute Gasteiger partial charge is 0.353 e. The smallest absolute Gasteiger partial charge is 0.0558 e. The molecule has 0 aromatic heterocycles. The summed E-state index contributed by atoms with van der Waals surface area (Å²) >= 11 is 1.88. The van der Waals surface area contributed by atoms with Crippen molar-refractivity contribution in [2.75, 3.05) is 5.32 Å². The van der Waals surface area contributed by atoms with Crippen LogP contribution in [-0.4, -0.2) is 0 Å². The summed E-state index contributed by atoms with van der Waals surface area (Å²) < 4.78 is 0. The highest BCUT2D eigenvalue weighted by Crippen LogP contribution is 2.45. The van der Waals surface area contributed by atoms with Crippen molar-refractivity contribution in [1.29, 1.82) is 0 Å². The van der Waals surface area contributed by atoms with E-state index in [4.69, 9.17) is 0 Å². The molecule has 0 amide bonds. The Morgan fingerprint density at radius 2 is 1.75 bits per heavy atom. The minimum Gasteiger partial charge on any atom is -0.353 e. The van der Waals surface area contributed by atoms with Crippen molar-refractivity contribution in [3.8, 4) is 0 Å². The van der Waals surface area contributed by atoms with Gasteiger partial charge in [-0.15, -0.1) is 0 Å². The van der Waals surface area contributed by atoms with Crippen LogP contribution in [-0.2, 0) is 6.42 Å². The predicted molar refractivity (Wildman–Crippen MR) is 88.1 cm³/mol. The van der Waals surface area contributed by atoms with E-state index in [0.29, 0.717) is 0 Å². The summed E-state index contributed by atoms with van der Waals surface area (Å²) in [4.78, 5) is 2.68. The average molecular weight is 283 g/mol. The summed E-state index contributed by atoms with van der Waals surface area (Å²) in [6.45, 7) is 2.26. The number of fused-ring (bicyclic) bond motifs is 2. The Labute approximate surface area is 125 Å². The van der Waals surface area contributed by atoms with E-state index in [-0.39, 0.29) is 0 Å². The third-order valence-corrected chi connectivity index (χ3v) is 4.91. The van der Waals surface area contributed by atoms with Gasteiger partial charge in [-0.1, -0.05) is 62.2 Å². The Hall–Kier alpha value is -1.41. The van der Waals surface area contributed by atoms with E-state index >= 15 is 0 Å². The van der Waals surface area contributed by atoms with Crippen molar-refractivity contribution in [3.05, 3.63) is 48.0 Å². The number of hydrogen-bond acceptors (Lipinski definition) is 2. The van der Waals surface area contributed by atoms with Gasteiger partial charge in [-0.25, -0.2) is 0 Å². The van der Waals surface area contributed by atoms with Crippen molar-refractivity contribution < 1.29 is 0 Å². The molecule has 1 heterocycles. The Bertz CT molecular complexity index is 592. The summed E-state index contributed by atoms with van der Waals surface area (Å²) in [5.74, 6) is 0. The van der Waals surface area contributed by atoms with Gasteiger partial charge < -0.3 is 5.32 Å². The number of para-hydroxylation sites is 2. The van der Waals surface area contributed by atoms with Gasteiger partial charge in [-0.05, 0) is 36.6 Å². The number of aryl methyl sites for hydroxylation is 1. The van der Waals surface area contributed by atoms with Crippen LogP contribution in [0.3, 0.4) is 0 Å². The number of nitrogens with one attached hydrogen (secondary N) is 1. The molecule has 2 heteroatoms. The molecule has 1 nitrogen and oxygen atoms in total. The highest BCUT2D eigenvalue weighted by atomic mass is 32.2. The minimum atomic E-state index is 1.18. The molecule has 0 radical (unpaired) electrons. The molecular formula is C18H21NS. The zero-order chi connectivity index (χ0) is 13.8. The van der Waals surface area contributed by atoms with E-state index in [1.807, 2.05) is 11.8 Å². The fourth-order valence-electron chi connectivity index (χ4n) is 2.67. The first-order chi connectivity index (χ1) is 9.88. The van der Waals surface area contributed by atoms with Gasteiger partial charge in [0.25, 0.3) is 0 Å². The first-order valence-corrected chi connectivity index (χ1v) is 8.36. The second kappa shape index (κ2) is 6.36. The Morgan fingerprint density at radius 3 is 2.65 bits per heavy atom. The van der Waals surface area contributed by atoms with Gasteiger partial charge >= 0.3 is 0 Å². The molecule has 0 spiro atoms. The van der Waals surface area contributed by atoms with Crippen LogP contribution in [0.2, 0.25) is 0 Å². The van der Waals surface area contributed by atoms with Gasteiger partial charge in [0.1, 0.15) is 0 Å². The van der Waals surface area contributed by atoms with Crippen LogP contribution < -0.4 is 5.32 Å². The first kappa shape index (κ1) is 13.6. The lowest BCUT2D eigenvalue weighted by molar-refractivity contribution is 0.667. The highest BCUT2D eigenvalue weighted by molar-refractivity contribution is 7.99. The van der Waals surface area contributed by atoms with E-state index < -0.39 is 0 Å². The lowest BCUT2D eigenvalue weighted by Crippen LogP contribution is -2.03. The normalized spacial score (nSPS) is 12.4. The van der Waals surface area contributed by atoms with Gasteiger partial charge in [-0.3, -0.25) is 0 Å². The third-order valence-electron chi connectivity index (χ3n) is 3.78. The highest BCUT2D eigenvalue weighted by Gasteiger charge is 2.17. The number of benzene rings is 2. The van der Waals surface area contributed by atoms with Gasteiger partial charge in [-0.2, -0.15) is 0 Å². The summed E-state index contributed by atoms with van der Waals surface area (Å²) in [6, 6.07) is 15.2. The molecule has 0 aliphatic carbocycles. The van der Waals surface area contributed by atoms with Crippen LogP contribution in [0.15, 0.2) is 52.3 Å². The van der Waals surface area contributed by atoms with Crippen LogP contribution >= 0.6 is 11.8 Å². The molecule has 20 heavy (non-hydrogen) atoms. The minimum absolute atomic E-state index is 1.18. The number of unbranched alkanes of at least 4 members (excludes halogenated alkanes) is 3. The van der Waals surface area contributed by atoms with Crippen molar-refractivity contribution in [2.45, 2.75) is 48.8 Å². The van der Waals surface area contributed by atoms with Gasteiger partial charge in [0.15, 0.2) is 0 Å². The van der Waals surface area contributed by atoms with Gasteiger partial charge in [0, 0.05) is 9.79 Å². The van der Waals surface area contributed by atoms with E-state index in [0.717, 1.165) is 0 Å². The number of hydrogen-bond donors (Lipinski definition) is 1. The van der Waals surface area contributed by atoms with Crippen molar-refractivity contribution in [3.63, 3.8) is 0 Å². The lowest BCUT2D eigenvalue weighted by Gasteiger charge is -2.23. The number of anilines is 2. The summed E-state index contributed by atoms with van der Waals surface area (Å²) in [6.07, 6.45) is 6.45. The summed E-state index contributed by atoms with van der Waals surface area (Å²) in [7, 11) is 0. The van der Waals surface area contributed by atoms with Crippen molar-refractivity contribution in [1.82, 2.24) is 0 Å². The lowest BCUT2D eigenvalue weighted by atomic mass is 10.0. The molecule has 2 aromatic rings. The SMILES string of the molecule is CCCCCCc1cccc2c1Nc1ccccc1S2. The standard InChI is InChI=1S/C18H21NS/c1-2-3-4-5-9-14-10-8-13-17-18(14)19-15-11-6-7-12-16(15)20-17/h6-8,10-13,19H,2-5,9H2,1H3. The molecular weight excluding hydrogens is 262 g/mol. The maximum Gasteiger partial charge on any atom is 0.0558 e. The van der Waals surface area contributed by atoms with E-state index in [1.54, 1.807) is 0 Å². The van der Waals surface area contributed by atoms with E-state index in [2.05, 4.69) is 54.7 Å². The maximum atomic E-state index is 3.63. The first-order valence-electron chi connectivity index (χ1n) is 7.54. The molecule has 2 aromatic carbocycles. The van der Waals surface area contributed by atoms with E-state index in [1.165, 1.54) is 58.8 Å². The molecule has 104 valence electrons. The van der Waals surface area contributed by atoms with Crippen LogP contribution in [0.4, 0.5) is 11.4 Å². The molecule has 0 saturated heterocycles. The molecule has 0 unspecified atom stereocenters. The summed E-state index contributed by atoms with van der Waals surface area (Å²) in [5, 5.41) is 3.63. The molecule has 0 saturated carbocycles. The maximum absolute atomic E-state index is 3.63. The molecule has 1 aliphatic rings. The zero-order valence-corrected chi connectivity index (χ0v) is 12.8. The predicted octanol–water partition coefficient (Wildman–Crippen LogP) is 6.02. The molecule has 0 atom stereocenters. The Morgan fingerprint density at radius 1 is 0.900 bits per heavy atom. The van der Waals surface area contributed by atoms with Gasteiger partial charge in [0.05, 0.1) is 11.4 Å². The summed E-state index contributed by atoms with van der Waals surface area (Å²) in [5.41, 5.74) is 4.03. The quantitative estimate of drug-likeness (QED) is 0.575. The van der Waals surface area contributed by atoms with Crippen molar-refractivity contribution >= 4 is 23.1 Å². The zero-order valence-electron chi connectivity index (χ0n) is 12.0. The van der Waals surface area contributed by atoms with Crippen LogP contribution in [0.5, 0.6) is 0 Å². The molecule has 0 bridgehead atoms. The Kier molecular flexibility index (Phi) is 4.31. The molecule has 1 N–H and O–H groups in total. The van der Waals surface area contributed by atoms with Crippen molar-refractivity contribution in [2.24, 2.45) is 0 Å². The second-order valence-electron chi connectivity index (χ2n) is 5.32. The van der Waals surface area contributed by atoms with Gasteiger partial charge in [0.2, 0.25) is 0 Å². The fourth-order valence-corrected chi connectivity index (χ4v) is 3.71.